The van der Waals surface area contributed by atoms with Crippen molar-refractivity contribution in [2.24, 2.45) is 0 Å². The number of ether oxygens (including phenoxy) is 1. The van der Waals surface area contributed by atoms with Crippen molar-refractivity contribution in [3.63, 3.8) is 0 Å². The maximum absolute atomic E-state index is 12.8. The lowest BCUT2D eigenvalue weighted by Crippen LogP contribution is -2.26. The van der Waals surface area contributed by atoms with E-state index in [9.17, 15) is 13.2 Å². The third kappa shape index (κ3) is 6.58. The summed E-state index contributed by atoms with van der Waals surface area (Å²) < 4.78 is 32.4. The second-order valence-corrected chi connectivity index (χ2v) is 9.89. The highest BCUT2D eigenvalue weighted by atomic mass is 32.2. The van der Waals surface area contributed by atoms with Crippen molar-refractivity contribution in [2.75, 3.05) is 23.3 Å². The van der Waals surface area contributed by atoms with Crippen LogP contribution in [0.3, 0.4) is 0 Å². The zero-order valence-corrected chi connectivity index (χ0v) is 20.1. The molecule has 33 heavy (non-hydrogen) atoms. The van der Waals surface area contributed by atoms with Gasteiger partial charge in [-0.25, -0.2) is 8.42 Å². The monoisotopic (exact) mass is 466 g/mol. The van der Waals surface area contributed by atoms with E-state index in [-0.39, 0.29) is 17.4 Å². The number of amides is 1. The molecule has 0 saturated heterocycles. The van der Waals surface area contributed by atoms with Crippen molar-refractivity contribution >= 4 is 27.3 Å². The maximum Gasteiger partial charge on any atom is 0.264 e. The number of benzene rings is 3. The molecule has 0 fully saturated rings. The largest absolute Gasteiger partial charge is 0.484 e. The molecule has 3 aromatic carbocycles. The summed E-state index contributed by atoms with van der Waals surface area (Å²) in [5.74, 6) is 0.212. The lowest BCUT2D eigenvalue weighted by molar-refractivity contribution is -0.118. The summed E-state index contributed by atoms with van der Waals surface area (Å²) >= 11 is 0. The van der Waals surface area contributed by atoms with Gasteiger partial charge in [0.2, 0.25) is 0 Å². The molecule has 0 aliphatic rings. The number of nitrogens with one attached hydrogen (secondary N) is 1. The topological polar surface area (TPSA) is 75.7 Å². The van der Waals surface area contributed by atoms with E-state index in [1.165, 1.54) is 16.9 Å². The number of hydrogen-bond acceptors (Lipinski definition) is 4. The molecule has 6 nitrogen and oxygen atoms in total. The van der Waals surface area contributed by atoms with Crippen LogP contribution in [0.25, 0.3) is 0 Å². The van der Waals surface area contributed by atoms with Crippen LogP contribution < -0.4 is 14.4 Å². The van der Waals surface area contributed by atoms with E-state index < -0.39 is 10.0 Å². The number of unbranched alkanes of at least 4 members (excludes halogenated alkanes) is 1. The van der Waals surface area contributed by atoms with E-state index in [4.69, 9.17) is 4.74 Å². The molecule has 0 aliphatic heterocycles. The van der Waals surface area contributed by atoms with Crippen LogP contribution in [0.5, 0.6) is 5.75 Å². The first-order chi connectivity index (χ1) is 15.8. The van der Waals surface area contributed by atoms with Gasteiger partial charge in [0.25, 0.3) is 15.9 Å². The van der Waals surface area contributed by atoms with Crippen LogP contribution in [0.15, 0.2) is 77.7 Å². The standard InChI is InChI=1S/C26H30N2O4S/c1-4-5-6-21-9-11-22(12-10-21)27-26(29)19-32-24-15-13-23(14-16-24)28(3)33(30,31)25-17-7-20(2)8-18-25/h7-18H,4-6,19H2,1-3H3,(H,27,29). The van der Waals surface area contributed by atoms with Gasteiger partial charge in [-0.1, -0.05) is 43.2 Å². The zero-order valence-electron chi connectivity index (χ0n) is 19.2. The highest BCUT2D eigenvalue weighted by molar-refractivity contribution is 7.92. The highest BCUT2D eigenvalue weighted by Crippen LogP contribution is 2.24. The third-order valence-electron chi connectivity index (χ3n) is 5.31. The maximum atomic E-state index is 12.8. The Labute approximate surface area is 196 Å². The molecule has 0 bridgehead atoms. The zero-order chi connectivity index (χ0) is 23.8. The van der Waals surface area contributed by atoms with E-state index in [0.29, 0.717) is 11.4 Å². The average Bonchev–Trinajstić information content (AvgIpc) is 2.82. The molecule has 0 heterocycles. The van der Waals surface area contributed by atoms with Crippen LogP contribution in [0.2, 0.25) is 0 Å². The average molecular weight is 467 g/mol. The Morgan fingerprint density at radius 1 is 0.939 bits per heavy atom. The molecule has 3 rings (SSSR count). The van der Waals surface area contributed by atoms with E-state index in [1.807, 2.05) is 31.2 Å². The molecule has 0 unspecified atom stereocenters. The predicted octanol–water partition coefficient (Wildman–Crippen LogP) is 5.18. The number of sulfonamides is 1. The predicted molar refractivity (Wildman–Crippen MR) is 132 cm³/mol. The summed E-state index contributed by atoms with van der Waals surface area (Å²) in [6, 6.07) is 21.1. The number of hydrogen-bond donors (Lipinski definition) is 1. The Balaban J connectivity index is 1.54. The molecule has 0 spiro atoms. The third-order valence-corrected chi connectivity index (χ3v) is 7.11. The number of anilines is 2. The van der Waals surface area contributed by atoms with Crippen LogP contribution >= 0.6 is 0 Å². The minimum absolute atomic E-state index is 0.144. The van der Waals surface area contributed by atoms with Crippen molar-refractivity contribution in [1.29, 1.82) is 0 Å². The van der Waals surface area contributed by atoms with Gasteiger partial charge in [-0.3, -0.25) is 9.10 Å². The molecule has 1 amide bonds. The number of aryl methyl sites for hydroxylation is 2. The van der Waals surface area contributed by atoms with E-state index in [1.54, 1.807) is 48.5 Å². The molecular formula is C26H30N2O4S. The van der Waals surface area contributed by atoms with Gasteiger partial charge in [-0.15, -0.1) is 0 Å². The van der Waals surface area contributed by atoms with Gasteiger partial charge in [0, 0.05) is 12.7 Å². The number of carbonyl (C=O) groups excluding carboxylic acids is 1. The van der Waals surface area contributed by atoms with E-state index >= 15 is 0 Å². The summed E-state index contributed by atoms with van der Waals surface area (Å²) in [4.78, 5) is 12.4. The fourth-order valence-electron chi connectivity index (χ4n) is 3.24. The minimum atomic E-state index is -3.66. The molecule has 0 saturated carbocycles. The number of carbonyl (C=O) groups is 1. The van der Waals surface area contributed by atoms with Crippen LogP contribution in [-0.2, 0) is 21.2 Å². The first-order valence-corrected chi connectivity index (χ1v) is 12.4. The molecule has 0 atom stereocenters. The van der Waals surface area contributed by atoms with Gasteiger partial charge >= 0.3 is 0 Å². The van der Waals surface area contributed by atoms with E-state index in [2.05, 4.69) is 12.2 Å². The second-order valence-electron chi connectivity index (χ2n) is 7.92. The fraction of sp³-hybridized carbons (Fsp3) is 0.269. The quantitative estimate of drug-likeness (QED) is 0.447. The van der Waals surface area contributed by atoms with Gasteiger partial charge in [-0.05, 0) is 73.9 Å². The Morgan fingerprint density at radius 3 is 2.18 bits per heavy atom. The Bertz CT molecular complexity index is 1160. The van der Waals surface area contributed by atoms with Crippen LogP contribution in [0.4, 0.5) is 11.4 Å². The highest BCUT2D eigenvalue weighted by Gasteiger charge is 2.21. The normalized spacial score (nSPS) is 11.1. The lowest BCUT2D eigenvalue weighted by Gasteiger charge is -2.20. The molecule has 174 valence electrons. The molecule has 3 aromatic rings. The van der Waals surface area contributed by atoms with Crippen molar-refractivity contribution in [2.45, 2.75) is 38.0 Å². The van der Waals surface area contributed by atoms with Crippen molar-refractivity contribution in [3.8, 4) is 5.75 Å². The molecule has 0 radical (unpaired) electrons. The van der Waals surface area contributed by atoms with Gasteiger partial charge in [0.15, 0.2) is 6.61 Å². The fourth-order valence-corrected chi connectivity index (χ4v) is 4.44. The molecule has 0 aliphatic carbocycles. The van der Waals surface area contributed by atoms with Crippen LogP contribution in [0.1, 0.15) is 30.9 Å². The smallest absolute Gasteiger partial charge is 0.264 e. The Kier molecular flexibility index (Phi) is 8.11. The summed E-state index contributed by atoms with van der Waals surface area (Å²) in [6.45, 7) is 3.92. The van der Waals surface area contributed by atoms with Crippen LogP contribution in [-0.4, -0.2) is 28.0 Å². The number of nitrogens with zero attached hydrogens (tertiary/aromatic N) is 1. The lowest BCUT2D eigenvalue weighted by atomic mass is 10.1. The SMILES string of the molecule is CCCCc1ccc(NC(=O)COc2ccc(N(C)S(=O)(=O)c3ccc(C)cc3)cc2)cc1. The summed E-state index contributed by atoms with van der Waals surface area (Å²) in [7, 11) is -2.16. The van der Waals surface area contributed by atoms with Gasteiger partial charge in [0.1, 0.15) is 5.75 Å². The van der Waals surface area contributed by atoms with Crippen molar-refractivity contribution < 1.29 is 17.9 Å². The first-order valence-electron chi connectivity index (χ1n) is 11.0. The van der Waals surface area contributed by atoms with Gasteiger partial charge in [-0.2, -0.15) is 0 Å². The van der Waals surface area contributed by atoms with Crippen molar-refractivity contribution in [3.05, 3.63) is 83.9 Å². The molecular weight excluding hydrogens is 436 g/mol. The van der Waals surface area contributed by atoms with Crippen LogP contribution in [0, 0.1) is 6.92 Å². The summed E-state index contributed by atoms with van der Waals surface area (Å²) in [5.41, 5.74) is 3.46. The Hall–Kier alpha value is -3.32. The minimum Gasteiger partial charge on any atom is -0.484 e. The second kappa shape index (κ2) is 11.0. The van der Waals surface area contributed by atoms with Crippen molar-refractivity contribution in [1.82, 2.24) is 0 Å². The first kappa shape index (κ1) is 24.3. The number of rotatable bonds is 10. The molecule has 0 aromatic heterocycles. The Morgan fingerprint density at radius 2 is 1.58 bits per heavy atom. The van der Waals surface area contributed by atoms with Gasteiger partial charge in [0.05, 0.1) is 10.6 Å². The summed E-state index contributed by atoms with van der Waals surface area (Å²) in [5, 5.41) is 2.82. The summed E-state index contributed by atoms with van der Waals surface area (Å²) in [6.07, 6.45) is 3.33. The molecule has 7 heteroatoms. The molecule has 1 N–H and O–H groups in total. The van der Waals surface area contributed by atoms with Gasteiger partial charge < -0.3 is 10.1 Å². The van der Waals surface area contributed by atoms with E-state index in [0.717, 1.165) is 30.5 Å².